The molecule has 0 bridgehead atoms. The van der Waals surface area contributed by atoms with Crippen molar-refractivity contribution >= 4 is 10.1 Å². The maximum atomic E-state index is 9.19. The summed E-state index contributed by atoms with van der Waals surface area (Å²) in [7, 11) is -3.67. The van der Waals surface area contributed by atoms with Crippen LogP contribution in [0.15, 0.2) is 0 Å². The molecule has 1 unspecified atom stereocenters. The second-order valence-corrected chi connectivity index (χ2v) is 2.94. The molecule has 0 aromatic rings. The Morgan fingerprint density at radius 3 is 1.56 bits per heavy atom. The Morgan fingerprint density at radius 2 is 1.56 bits per heavy atom. The van der Waals surface area contributed by atoms with E-state index in [0.717, 1.165) is 0 Å². The molecule has 0 aromatic heterocycles. The first-order valence-electron chi connectivity index (χ1n) is 2.09. The van der Waals surface area contributed by atoms with Gasteiger partial charge in [-0.1, -0.05) is 0 Å². The Bertz CT molecular complexity index is 127. The molecule has 4 N–H and O–H groups in total. The van der Waals surface area contributed by atoms with Crippen LogP contribution < -0.4 is 5.73 Å². The van der Waals surface area contributed by atoms with Crippen LogP contribution in [-0.4, -0.2) is 30.6 Å². The van der Waals surface area contributed by atoms with Crippen molar-refractivity contribution in [3.8, 4) is 0 Å². The molecule has 0 aliphatic rings. The summed E-state index contributed by atoms with van der Waals surface area (Å²) < 4.78 is 25.9. The molecule has 0 heterocycles. The molecule has 5 nitrogen and oxygen atoms in total. The maximum absolute atomic E-state index is 9.19. The minimum absolute atomic E-state index is 0.667. The van der Waals surface area contributed by atoms with Crippen LogP contribution >= 0.6 is 0 Å². The average Bonchev–Trinajstić information content (AvgIpc) is 1.19. The van der Waals surface area contributed by atoms with Gasteiger partial charge in [0.15, 0.2) is 0 Å². The number of aliphatic hydroxyl groups is 1. The minimum Gasteiger partial charge on any atom is -0.379 e. The van der Waals surface area contributed by atoms with E-state index < -0.39 is 16.3 Å². The van der Waals surface area contributed by atoms with E-state index in [1.54, 1.807) is 0 Å². The predicted octanol–water partition coefficient (Wildman–Crippen LogP) is -1.21. The molecule has 0 amide bonds. The molecule has 9 heavy (non-hydrogen) atoms. The minimum atomic E-state index is -3.67. The molecule has 58 valence electrons. The van der Waals surface area contributed by atoms with Crippen molar-refractivity contribution in [3.63, 3.8) is 0 Å². The van der Waals surface area contributed by atoms with Gasteiger partial charge < -0.3 is 10.8 Å². The Labute approximate surface area is 54.2 Å². The molecule has 0 saturated heterocycles. The molecule has 0 aliphatic carbocycles. The quantitative estimate of drug-likeness (QED) is 0.302. The molecule has 1 atom stereocenters. The summed E-state index contributed by atoms with van der Waals surface area (Å²) in [5.74, 6) is 0. The third kappa shape index (κ3) is 9210. The van der Waals surface area contributed by atoms with Crippen LogP contribution in [0.5, 0.6) is 0 Å². The fraction of sp³-hybridized carbons (Fsp3) is 1.00. The van der Waals surface area contributed by atoms with Crippen molar-refractivity contribution in [2.24, 2.45) is 5.73 Å². The highest BCUT2D eigenvalue weighted by Gasteiger charge is 1.81. The lowest BCUT2D eigenvalue weighted by Crippen LogP contribution is -2.11. The van der Waals surface area contributed by atoms with Crippen LogP contribution in [0.1, 0.15) is 6.92 Å². The highest BCUT2D eigenvalue weighted by Crippen LogP contribution is 1.60. The van der Waals surface area contributed by atoms with E-state index in [4.69, 9.17) is 9.66 Å². The SMILES string of the molecule is CC(N)O.CS(=O)(=O)O. The van der Waals surface area contributed by atoms with Gasteiger partial charge in [0.2, 0.25) is 0 Å². The zero-order valence-electron chi connectivity index (χ0n) is 5.27. The normalized spacial score (nSPS) is 13.4. The lowest BCUT2D eigenvalue weighted by molar-refractivity contribution is 0.203. The van der Waals surface area contributed by atoms with E-state index in [0.29, 0.717) is 6.26 Å². The molecule has 6 heteroatoms. The highest BCUT2D eigenvalue weighted by molar-refractivity contribution is 7.85. The number of aliphatic hydroxyl groups excluding tert-OH is 1. The van der Waals surface area contributed by atoms with Crippen LogP contribution in [-0.2, 0) is 10.1 Å². The first kappa shape index (κ1) is 11.6. The number of rotatable bonds is 0. The highest BCUT2D eigenvalue weighted by atomic mass is 32.2. The van der Waals surface area contributed by atoms with E-state index in [1.807, 2.05) is 0 Å². The van der Waals surface area contributed by atoms with Crippen LogP contribution in [0.25, 0.3) is 0 Å². The van der Waals surface area contributed by atoms with Gasteiger partial charge in [-0.05, 0) is 6.92 Å². The van der Waals surface area contributed by atoms with Gasteiger partial charge in [0, 0.05) is 0 Å². The summed E-state index contributed by atoms with van der Waals surface area (Å²) in [4.78, 5) is 0. The molecule has 0 spiro atoms. The van der Waals surface area contributed by atoms with Gasteiger partial charge in [0.25, 0.3) is 10.1 Å². The molecule has 0 rings (SSSR count). The summed E-state index contributed by atoms with van der Waals surface area (Å²) in [6.07, 6.45) is 0.0486. The van der Waals surface area contributed by atoms with Crippen LogP contribution in [0.4, 0.5) is 0 Å². The second kappa shape index (κ2) is 4.68. The lowest BCUT2D eigenvalue weighted by atomic mass is 10.7. The Morgan fingerprint density at radius 1 is 1.56 bits per heavy atom. The topological polar surface area (TPSA) is 101 Å². The number of hydrogen-bond acceptors (Lipinski definition) is 4. The Balaban J connectivity index is 0. The van der Waals surface area contributed by atoms with Crippen molar-refractivity contribution in [3.05, 3.63) is 0 Å². The zero-order chi connectivity index (χ0) is 8.08. The zero-order valence-corrected chi connectivity index (χ0v) is 6.09. The molecule has 0 aromatic carbocycles. The second-order valence-electron chi connectivity index (χ2n) is 1.47. The van der Waals surface area contributed by atoms with Crippen LogP contribution in [0.3, 0.4) is 0 Å². The molecule has 0 saturated carbocycles. The van der Waals surface area contributed by atoms with E-state index >= 15 is 0 Å². The molecular weight excluding hydrogens is 146 g/mol. The van der Waals surface area contributed by atoms with Crippen LogP contribution in [0.2, 0.25) is 0 Å². The van der Waals surface area contributed by atoms with Gasteiger partial charge in [-0.3, -0.25) is 4.55 Å². The Kier molecular flexibility index (Phi) is 6.04. The van der Waals surface area contributed by atoms with Gasteiger partial charge in [-0.15, -0.1) is 0 Å². The van der Waals surface area contributed by atoms with Crippen molar-refractivity contribution in [1.82, 2.24) is 0 Å². The van der Waals surface area contributed by atoms with Crippen molar-refractivity contribution in [2.45, 2.75) is 13.2 Å². The third-order valence-corrected chi connectivity index (χ3v) is 0. The van der Waals surface area contributed by atoms with Crippen molar-refractivity contribution in [1.29, 1.82) is 0 Å². The summed E-state index contributed by atoms with van der Waals surface area (Å²) in [5.41, 5.74) is 4.67. The largest absolute Gasteiger partial charge is 0.379 e. The number of hydrogen-bond donors (Lipinski definition) is 3. The first-order valence-corrected chi connectivity index (χ1v) is 3.94. The average molecular weight is 157 g/mol. The van der Waals surface area contributed by atoms with E-state index in [9.17, 15) is 8.42 Å². The van der Waals surface area contributed by atoms with Crippen molar-refractivity contribution < 1.29 is 18.1 Å². The van der Waals surface area contributed by atoms with Gasteiger partial charge in [0.05, 0.1) is 12.5 Å². The van der Waals surface area contributed by atoms with Gasteiger partial charge in [0.1, 0.15) is 0 Å². The smallest absolute Gasteiger partial charge is 0.261 e. The van der Waals surface area contributed by atoms with Gasteiger partial charge in [-0.2, -0.15) is 8.42 Å². The lowest BCUT2D eigenvalue weighted by Gasteiger charge is -1.82. The predicted molar refractivity (Wildman–Crippen MR) is 33.3 cm³/mol. The van der Waals surface area contributed by atoms with E-state index in [1.165, 1.54) is 6.92 Å². The molecular formula is C3H11NO4S. The molecule has 0 aliphatic heterocycles. The van der Waals surface area contributed by atoms with Crippen molar-refractivity contribution in [2.75, 3.05) is 6.26 Å². The van der Waals surface area contributed by atoms with E-state index in [2.05, 4.69) is 5.73 Å². The fourth-order valence-corrected chi connectivity index (χ4v) is 0. The standard InChI is InChI=1S/C2H7NO.CH4O3S/c1-2(3)4;1-5(2,3)4/h2,4H,3H2,1H3;1H3,(H,2,3,4). The molecule has 0 radical (unpaired) electrons. The summed E-state index contributed by atoms with van der Waals surface area (Å²) >= 11 is 0. The number of nitrogens with two attached hydrogens (primary N) is 1. The van der Waals surface area contributed by atoms with Gasteiger partial charge in [-0.25, -0.2) is 0 Å². The summed E-state index contributed by atoms with van der Waals surface area (Å²) in [6, 6.07) is 0. The first-order chi connectivity index (χ1) is 3.73. The molecule has 0 fully saturated rings. The van der Waals surface area contributed by atoms with Crippen LogP contribution in [0, 0.1) is 0 Å². The monoisotopic (exact) mass is 157 g/mol. The van der Waals surface area contributed by atoms with E-state index in [-0.39, 0.29) is 0 Å². The summed E-state index contributed by atoms with van der Waals surface area (Å²) in [5, 5.41) is 7.83. The van der Waals surface area contributed by atoms with Gasteiger partial charge >= 0.3 is 0 Å². The fourth-order valence-electron chi connectivity index (χ4n) is 0. The third-order valence-electron chi connectivity index (χ3n) is 0. The summed E-state index contributed by atoms with van der Waals surface area (Å²) in [6.45, 7) is 1.50. The maximum Gasteiger partial charge on any atom is 0.261 e. The Hall–Kier alpha value is -0.170.